The average molecular weight is 451 g/mol. The fraction of sp³-hybridized carbons (Fsp3) is 0.100. The van der Waals surface area contributed by atoms with E-state index in [1.165, 1.54) is 11.3 Å². The molecule has 0 spiro atoms. The lowest BCUT2D eigenvalue weighted by molar-refractivity contribution is -0.118. The van der Waals surface area contributed by atoms with E-state index in [0.717, 1.165) is 0 Å². The molecule has 2 amide bonds. The highest BCUT2D eigenvalue weighted by atomic mass is 35.5. The van der Waals surface area contributed by atoms with E-state index in [0.29, 0.717) is 32.2 Å². The number of hydrogen-bond donors (Lipinski definition) is 2. The van der Waals surface area contributed by atoms with Crippen molar-refractivity contribution in [3.05, 3.63) is 70.0 Å². The van der Waals surface area contributed by atoms with Crippen LogP contribution in [0, 0.1) is 0 Å². The van der Waals surface area contributed by atoms with Gasteiger partial charge in [-0.1, -0.05) is 23.2 Å². The first-order valence-electron chi connectivity index (χ1n) is 8.43. The summed E-state index contributed by atoms with van der Waals surface area (Å²) >= 11 is 12.9. The van der Waals surface area contributed by atoms with E-state index in [2.05, 4.69) is 10.6 Å². The Hall–Kier alpha value is -2.74. The second kappa shape index (κ2) is 10.2. The van der Waals surface area contributed by atoms with Gasteiger partial charge in [0.05, 0.1) is 10.7 Å². The summed E-state index contributed by atoms with van der Waals surface area (Å²) < 4.78 is 10.8. The quantitative estimate of drug-likeness (QED) is 0.500. The molecule has 2 N–H and O–H groups in total. The van der Waals surface area contributed by atoms with Crippen molar-refractivity contribution >= 4 is 57.0 Å². The molecular formula is C20H16Cl2N2O4S. The lowest BCUT2D eigenvalue weighted by Gasteiger charge is -2.07. The van der Waals surface area contributed by atoms with Gasteiger partial charge in [-0.25, -0.2) is 0 Å². The molecule has 0 bridgehead atoms. The standard InChI is InChI=1S/C20H16Cl2N2O4S/c21-13-1-5-16(6-2-13)27-10-18(25)23-15-9-20(29-12-15)24-19(26)11-28-17-7-3-14(22)4-8-17/h1-9,12H,10-11H2,(H,23,25)(H,24,26). The molecule has 1 heterocycles. The number of thiophene rings is 1. The third-order valence-electron chi connectivity index (χ3n) is 3.51. The van der Waals surface area contributed by atoms with Crippen LogP contribution in [-0.4, -0.2) is 25.0 Å². The third kappa shape index (κ3) is 6.98. The number of anilines is 2. The molecule has 3 aromatic rings. The minimum atomic E-state index is -0.318. The number of ether oxygens (including phenoxy) is 2. The van der Waals surface area contributed by atoms with Crippen LogP contribution in [0.25, 0.3) is 0 Å². The van der Waals surface area contributed by atoms with Crippen molar-refractivity contribution in [2.24, 2.45) is 0 Å². The van der Waals surface area contributed by atoms with Gasteiger partial charge in [0.25, 0.3) is 11.8 Å². The molecule has 0 radical (unpaired) electrons. The molecule has 0 unspecified atom stereocenters. The molecule has 0 atom stereocenters. The van der Waals surface area contributed by atoms with Crippen LogP contribution in [0.15, 0.2) is 60.0 Å². The van der Waals surface area contributed by atoms with Gasteiger partial charge in [0.15, 0.2) is 13.2 Å². The normalized spacial score (nSPS) is 10.3. The molecule has 0 saturated carbocycles. The van der Waals surface area contributed by atoms with Crippen LogP contribution in [0.3, 0.4) is 0 Å². The summed E-state index contributed by atoms with van der Waals surface area (Å²) in [4.78, 5) is 24.0. The first-order valence-corrected chi connectivity index (χ1v) is 10.1. The van der Waals surface area contributed by atoms with Gasteiger partial charge in [0.1, 0.15) is 11.5 Å². The fourth-order valence-corrected chi connectivity index (χ4v) is 3.20. The third-order valence-corrected chi connectivity index (χ3v) is 4.86. The summed E-state index contributed by atoms with van der Waals surface area (Å²) in [5, 5.41) is 8.91. The smallest absolute Gasteiger partial charge is 0.262 e. The number of halogens is 2. The zero-order chi connectivity index (χ0) is 20.6. The SMILES string of the molecule is O=C(COc1ccc(Cl)cc1)Nc1csc(NC(=O)COc2ccc(Cl)cc2)c1. The summed E-state index contributed by atoms with van der Waals surface area (Å²) in [5.41, 5.74) is 0.564. The minimum Gasteiger partial charge on any atom is -0.484 e. The van der Waals surface area contributed by atoms with E-state index < -0.39 is 0 Å². The highest BCUT2D eigenvalue weighted by Gasteiger charge is 2.09. The number of carbonyl (C=O) groups excluding carboxylic acids is 2. The Morgan fingerprint density at radius 3 is 1.79 bits per heavy atom. The van der Waals surface area contributed by atoms with E-state index in [9.17, 15) is 9.59 Å². The Balaban J connectivity index is 1.42. The Morgan fingerprint density at radius 2 is 1.28 bits per heavy atom. The van der Waals surface area contributed by atoms with Gasteiger partial charge >= 0.3 is 0 Å². The molecule has 0 aliphatic heterocycles. The topological polar surface area (TPSA) is 76.7 Å². The van der Waals surface area contributed by atoms with E-state index in [1.807, 2.05) is 0 Å². The second-order valence-electron chi connectivity index (χ2n) is 5.78. The summed E-state index contributed by atoms with van der Waals surface area (Å²) in [5.74, 6) is 0.459. The summed E-state index contributed by atoms with van der Waals surface area (Å²) in [6.45, 7) is -0.287. The number of nitrogens with one attached hydrogen (secondary N) is 2. The lowest BCUT2D eigenvalue weighted by atomic mass is 10.3. The van der Waals surface area contributed by atoms with Crippen LogP contribution < -0.4 is 20.1 Å². The summed E-state index contributed by atoms with van der Waals surface area (Å²) in [6.07, 6.45) is 0. The van der Waals surface area contributed by atoms with Gasteiger partial charge in [0.2, 0.25) is 0 Å². The molecule has 29 heavy (non-hydrogen) atoms. The van der Waals surface area contributed by atoms with E-state index in [-0.39, 0.29) is 25.0 Å². The molecular weight excluding hydrogens is 435 g/mol. The van der Waals surface area contributed by atoms with Crippen LogP contribution >= 0.6 is 34.5 Å². The van der Waals surface area contributed by atoms with Gasteiger partial charge in [-0.15, -0.1) is 11.3 Å². The molecule has 0 aliphatic rings. The molecule has 0 fully saturated rings. The molecule has 2 aromatic carbocycles. The Labute approximate surface area is 181 Å². The summed E-state index contributed by atoms with van der Waals surface area (Å²) in [6, 6.07) is 15.1. The predicted octanol–water partition coefficient (Wildman–Crippen LogP) is 5.09. The molecule has 150 valence electrons. The largest absolute Gasteiger partial charge is 0.484 e. The lowest BCUT2D eigenvalue weighted by Crippen LogP contribution is -2.20. The van der Waals surface area contributed by atoms with E-state index in [1.54, 1.807) is 60.0 Å². The highest BCUT2D eigenvalue weighted by Crippen LogP contribution is 2.24. The van der Waals surface area contributed by atoms with Crippen molar-refractivity contribution in [1.82, 2.24) is 0 Å². The van der Waals surface area contributed by atoms with E-state index >= 15 is 0 Å². The molecule has 9 heteroatoms. The highest BCUT2D eigenvalue weighted by molar-refractivity contribution is 7.14. The maximum atomic E-state index is 12.0. The first kappa shape index (κ1) is 21.0. The number of amides is 2. The summed E-state index contributed by atoms with van der Waals surface area (Å²) in [7, 11) is 0. The predicted molar refractivity (Wildman–Crippen MR) is 115 cm³/mol. The molecule has 1 aromatic heterocycles. The molecule has 6 nitrogen and oxygen atoms in total. The Morgan fingerprint density at radius 1 is 0.793 bits per heavy atom. The van der Waals surface area contributed by atoms with Crippen molar-refractivity contribution in [3.8, 4) is 11.5 Å². The van der Waals surface area contributed by atoms with Gasteiger partial charge in [-0.2, -0.15) is 0 Å². The first-order chi connectivity index (χ1) is 14.0. The number of rotatable bonds is 8. The number of hydrogen-bond acceptors (Lipinski definition) is 5. The van der Waals surface area contributed by atoms with Crippen molar-refractivity contribution < 1.29 is 19.1 Å². The average Bonchev–Trinajstić information content (AvgIpc) is 3.13. The second-order valence-corrected chi connectivity index (χ2v) is 7.57. The van der Waals surface area contributed by atoms with Crippen molar-refractivity contribution in [3.63, 3.8) is 0 Å². The van der Waals surface area contributed by atoms with Crippen LogP contribution in [-0.2, 0) is 9.59 Å². The maximum Gasteiger partial charge on any atom is 0.262 e. The zero-order valence-corrected chi connectivity index (χ0v) is 17.3. The maximum absolute atomic E-state index is 12.0. The van der Waals surface area contributed by atoms with Gasteiger partial charge < -0.3 is 20.1 Å². The molecule has 3 rings (SSSR count). The van der Waals surface area contributed by atoms with Crippen LogP contribution in [0.4, 0.5) is 10.7 Å². The monoisotopic (exact) mass is 450 g/mol. The van der Waals surface area contributed by atoms with Gasteiger partial charge in [0, 0.05) is 15.4 Å². The Kier molecular flexibility index (Phi) is 7.35. The fourth-order valence-electron chi connectivity index (χ4n) is 2.20. The Bertz CT molecular complexity index is 897. The van der Waals surface area contributed by atoms with Crippen LogP contribution in [0.5, 0.6) is 11.5 Å². The van der Waals surface area contributed by atoms with E-state index in [4.69, 9.17) is 32.7 Å². The minimum absolute atomic E-state index is 0.143. The number of benzene rings is 2. The van der Waals surface area contributed by atoms with Gasteiger partial charge in [-0.05, 0) is 54.6 Å². The van der Waals surface area contributed by atoms with Crippen molar-refractivity contribution in [1.29, 1.82) is 0 Å². The zero-order valence-electron chi connectivity index (χ0n) is 15.0. The van der Waals surface area contributed by atoms with Crippen LogP contribution in [0.2, 0.25) is 10.0 Å². The molecule has 0 aliphatic carbocycles. The van der Waals surface area contributed by atoms with Gasteiger partial charge in [-0.3, -0.25) is 9.59 Å². The van der Waals surface area contributed by atoms with Crippen molar-refractivity contribution in [2.75, 3.05) is 23.8 Å². The van der Waals surface area contributed by atoms with Crippen LogP contribution in [0.1, 0.15) is 0 Å². The van der Waals surface area contributed by atoms with Crippen molar-refractivity contribution in [2.45, 2.75) is 0 Å². The molecule has 0 saturated heterocycles. The number of carbonyl (C=O) groups is 2.